The Labute approximate surface area is 181 Å². The van der Waals surface area contributed by atoms with Gasteiger partial charge in [-0.2, -0.15) is 0 Å². The van der Waals surface area contributed by atoms with Gasteiger partial charge < -0.3 is 19.3 Å². The van der Waals surface area contributed by atoms with Gasteiger partial charge >= 0.3 is 0 Å². The average Bonchev–Trinajstić information content (AvgIpc) is 3.24. The quantitative estimate of drug-likeness (QED) is 0.255. The van der Waals surface area contributed by atoms with Gasteiger partial charge in [0.05, 0.1) is 25.5 Å². The van der Waals surface area contributed by atoms with Crippen LogP contribution >= 0.6 is 0 Å². The van der Waals surface area contributed by atoms with E-state index < -0.39 is 0 Å². The molecule has 1 heterocycles. The van der Waals surface area contributed by atoms with Gasteiger partial charge in [0.2, 0.25) is 5.88 Å². The predicted molar refractivity (Wildman–Crippen MR) is 118 cm³/mol. The lowest BCUT2D eigenvalue weighted by Gasteiger charge is -2.10. The third kappa shape index (κ3) is 6.37. The second-order valence-electron chi connectivity index (χ2n) is 6.97. The Bertz CT molecular complexity index is 975. The zero-order valence-electron chi connectivity index (χ0n) is 17.7. The molecule has 1 unspecified atom stereocenters. The molecule has 0 aliphatic rings. The lowest BCUT2D eigenvalue weighted by molar-refractivity contribution is 0.0734. The molecule has 3 aromatic rings. The third-order valence-corrected chi connectivity index (χ3v) is 4.80. The second kappa shape index (κ2) is 11.2. The summed E-state index contributed by atoms with van der Waals surface area (Å²) < 4.78 is 29.5. The first-order valence-electron chi connectivity index (χ1n) is 10.1. The van der Waals surface area contributed by atoms with Crippen molar-refractivity contribution in [3.8, 4) is 11.1 Å². The number of nitrogens with zero attached hydrogens (tertiary/aromatic N) is 1. The van der Waals surface area contributed by atoms with Crippen molar-refractivity contribution in [3.63, 3.8) is 0 Å². The van der Waals surface area contributed by atoms with E-state index >= 15 is 0 Å². The van der Waals surface area contributed by atoms with Crippen LogP contribution in [-0.4, -0.2) is 44.6 Å². The molecule has 31 heavy (non-hydrogen) atoms. The Hall–Kier alpha value is -3.23. The van der Waals surface area contributed by atoms with Crippen molar-refractivity contribution in [2.24, 2.45) is 0 Å². The molecule has 0 bridgehead atoms. The Morgan fingerprint density at radius 3 is 2.65 bits per heavy atom. The summed E-state index contributed by atoms with van der Waals surface area (Å²) in [4.78, 5) is 0. The van der Waals surface area contributed by atoms with Gasteiger partial charge in [-0.25, -0.2) is 4.39 Å². The number of benzene rings is 2. The number of anilines is 1. The van der Waals surface area contributed by atoms with Crippen molar-refractivity contribution in [1.29, 1.82) is 5.41 Å². The van der Waals surface area contributed by atoms with E-state index in [1.807, 2.05) is 37.3 Å². The molecule has 7 nitrogen and oxygen atoms in total. The number of aromatic nitrogens is 1. The maximum Gasteiger partial charge on any atom is 0.231 e. The summed E-state index contributed by atoms with van der Waals surface area (Å²) in [6, 6.07) is 16.2. The number of rotatable bonds is 10. The minimum absolute atomic E-state index is 0.0229. The van der Waals surface area contributed by atoms with Gasteiger partial charge in [0.15, 0.2) is 5.96 Å². The molecule has 164 valence electrons. The van der Waals surface area contributed by atoms with Gasteiger partial charge in [0.1, 0.15) is 5.82 Å². The minimum atomic E-state index is -0.242. The predicted octanol–water partition coefficient (Wildman–Crippen LogP) is 4.23. The van der Waals surface area contributed by atoms with E-state index in [9.17, 15) is 4.39 Å². The van der Waals surface area contributed by atoms with Crippen LogP contribution in [0.2, 0.25) is 0 Å². The van der Waals surface area contributed by atoms with Gasteiger partial charge in [0, 0.05) is 31.2 Å². The van der Waals surface area contributed by atoms with E-state index in [2.05, 4.69) is 15.8 Å². The normalized spacial score (nSPS) is 11.8. The summed E-state index contributed by atoms with van der Waals surface area (Å²) in [6.07, 6.45) is 0. The summed E-state index contributed by atoms with van der Waals surface area (Å²) in [5.41, 5.74) is 3.16. The first-order chi connectivity index (χ1) is 15.1. The van der Waals surface area contributed by atoms with Crippen molar-refractivity contribution >= 4 is 11.8 Å². The fourth-order valence-corrected chi connectivity index (χ4v) is 3.03. The van der Waals surface area contributed by atoms with Crippen LogP contribution in [0.15, 0.2) is 59.1 Å². The Morgan fingerprint density at radius 1 is 1.13 bits per heavy atom. The lowest BCUT2D eigenvalue weighted by atomic mass is 9.95. The number of hydrogen-bond donors (Lipinski definition) is 3. The third-order valence-electron chi connectivity index (χ3n) is 4.80. The molecule has 0 aliphatic heterocycles. The maximum absolute atomic E-state index is 14.0. The molecule has 0 saturated carbocycles. The van der Waals surface area contributed by atoms with Crippen molar-refractivity contribution in [3.05, 3.63) is 71.7 Å². The van der Waals surface area contributed by atoms with Gasteiger partial charge in [-0.15, -0.1) is 0 Å². The van der Waals surface area contributed by atoms with Crippen molar-refractivity contribution in [2.75, 3.05) is 38.8 Å². The molecule has 0 aliphatic carbocycles. The van der Waals surface area contributed by atoms with Crippen LogP contribution in [0.5, 0.6) is 0 Å². The largest absolute Gasteiger partial charge is 0.382 e. The summed E-state index contributed by atoms with van der Waals surface area (Å²) >= 11 is 0. The standard InChI is InChI=1S/C23H27FN4O3/c1-16(17-7-9-18(10-8-17)19-5-3-4-6-20(19)24)21-15-22(31-28-21)27-23(25)26-11-12-30-14-13-29-2/h3-10,15-16H,11-14H2,1-2H3,(H3,25,26,27). The fraction of sp³-hybridized carbons (Fsp3) is 0.304. The van der Waals surface area contributed by atoms with Crippen LogP contribution in [-0.2, 0) is 9.47 Å². The van der Waals surface area contributed by atoms with Crippen LogP contribution in [0.25, 0.3) is 11.1 Å². The first-order valence-corrected chi connectivity index (χ1v) is 10.1. The molecule has 0 fully saturated rings. The lowest BCUT2D eigenvalue weighted by Crippen LogP contribution is -2.32. The van der Waals surface area contributed by atoms with Gasteiger partial charge in [-0.05, 0) is 17.2 Å². The number of hydrogen-bond acceptors (Lipinski definition) is 5. The topological polar surface area (TPSA) is 92.4 Å². The van der Waals surface area contributed by atoms with Crippen molar-refractivity contribution in [1.82, 2.24) is 10.5 Å². The SMILES string of the molecule is COCCOCCNC(=N)Nc1cc(C(C)c2ccc(-c3ccccc3F)cc2)no1. The zero-order valence-corrected chi connectivity index (χ0v) is 17.7. The first kappa shape index (κ1) is 22.5. The Morgan fingerprint density at radius 2 is 1.90 bits per heavy atom. The smallest absolute Gasteiger partial charge is 0.231 e. The fourth-order valence-electron chi connectivity index (χ4n) is 3.03. The second-order valence-corrected chi connectivity index (χ2v) is 6.97. The highest BCUT2D eigenvalue weighted by Crippen LogP contribution is 2.28. The van der Waals surface area contributed by atoms with E-state index in [1.165, 1.54) is 6.07 Å². The molecule has 1 aromatic heterocycles. The van der Waals surface area contributed by atoms with Gasteiger partial charge in [-0.3, -0.25) is 10.7 Å². The number of nitrogens with one attached hydrogen (secondary N) is 3. The molecule has 3 rings (SSSR count). The molecule has 0 radical (unpaired) electrons. The van der Waals surface area contributed by atoms with Crippen LogP contribution in [0.4, 0.5) is 10.3 Å². The van der Waals surface area contributed by atoms with Crippen LogP contribution in [0, 0.1) is 11.2 Å². The minimum Gasteiger partial charge on any atom is -0.382 e. The van der Waals surface area contributed by atoms with E-state index in [0.29, 0.717) is 37.8 Å². The molecular weight excluding hydrogens is 399 g/mol. The Balaban J connectivity index is 1.53. The van der Waals surface area contributed by atoms with Crippen molar-refractivity contribution < 1.29 is 18.4 Å². The molecule has 8 heteroatoms. The molecule has 0 spiro atoms. The molecule has 0 saturated heterocycles. The summed E-state index contributed by atoms with van der Waals surface area (Å²) in [6.45, 7) is 4.03. The van der Waals surface area contributed by atoms with E-state index in [4.69, 9.17) is 19.4 Å². The van der Waals surface area contributed by atoms with Crippen LogP contribution < -0.4 is 10.6 Å². The highest BCUT2D eigenvalue weighted by Gasteiger charge is 2.15. The van der Waals surface area contributed by atoms with E-state index in [1.54, 1.807) is 25.3 Å². The van der Waals surface area contributed by atoms with Crippen LogP contribution in [0.3, 0.4) is 0 Å². The van der Waals surface area contributed by atoms with E-state index in [-0.39, 0.29) is 17.7 Å². The summed E-state index contributed by atoms with van der Waals surface area (Å²) in [5, 5.41) is 17.8. The van der Waals surface area contributed by atoms with Crippen molar-refractivity contribution in [2.45, 2.75) is 12.8 Å². The molecular formula is C23H27FN4O3. The monoisotopic (exact) mass is 426 g/mol. The number of halogens is 1. The number of ether oxygens (including phenoxy) is 2. The average molecular weight is 426 g/mol. The van der Waals surface area contributed by atoms with Gasteiger partial charge in [-0.1, -0.05) is 54.5 Å². The summed E-state index contributed by atoms with van der Waals surface area (Å²) in [5.74, 6) is 0.209. The molecule has 0 amide bonds. The maximum atomic E-state index is 14.0. The highest BCUT2D eigenvalue weighted by atomic mass is 19.1. The molecule has 1 atom stereocenters. The number of guanidine groups is 1. The van der Waals surface area contributed by atoms with Crippen LogP contribution in [0.1, 0.15) is 24.1 Å². The molecule has 2 aromatic carbocycles. The number of methoxy groups -OCH3 is 1. The highest BCUT2D eigenvalue weighted by molar-refractivity contribution is 5.89. The van der Waals surface area contributed by atoms with E-state index in [0.717, 1.165) is 16.8 Å². The van der Waals surface area contributed by atoms with Gasteiger partial charge in [0.25, 0.3) is 0 Å². The zero-order chi connectivity index (χ0) is 22.1. The molecule has 3 N–H and O–H groups in total. The summed E-state index contributed by atoms with van der Waals surface area (Å²) in [7, 11) is 1.62. The Kier molecular flexibility index (Phi) is 8.14.